The number of hydrogen-bond donors (Lipinski definition) is 1. The van der Waals surface area contributed by atoms with Gasteiger partial charge in [0.15, 0.2) is 0 Å². The maximum absolute atomic E-state index is 13.0. The highest BCUT2D eigenvalue weighted by atomic mass is 16.5. The first-order chi connectivity index (χ1) is 19.5. The van der Waals surface area contributed by atoms with Crippen molar-refractivity contribution in [2.45, 2.75) is 71.6 Å². The first kappa shape index (κ1) is 26.3. The van der Waals surface area contributed by atoms with Gasteiger partial charge in [0.25, 0.3) is 5.91 Å². The summed E-state index contributed by atoms with van der Waals surface area (Å²) in [6.07, 6.45) is 7.39. The lowest BCUT2D eigenvalue weighted by Gasteiger charge is -2.36. The smallest absolute Gasteiger partial charge is 0.270 e. The van der Waals surface area contributed by atoms with E-state index in [4.69, 9.17) is 19.7 Å². The Labute approximate surface area is 235 Å². The molecular formula is C32H36N6O2. The molecule has 1 N–H and O–H groups in total. The van der Waals surface area contributed by atoms with Gasteiger partial charge in [-0.1, -0.05) is 13.0 Å². The highest BCUT2D eigenvalue weighted by Crippen LogP contribution is 2.26. The minimum Gasteiger partial charge on any atom is -0.372 e. The average Bonchev–Trinajstić information content (AvgIpc) is 2.98. The van der Waals surface area contributed by atoms with Crippen molar-refractivity contribution < 1.29 is 9.53 Å². The molecule has 206 valence electrons. The van der Waals surface area contributed by atoms with Gasteiger partial charge in [-0.25, -0.2) is 15.0 Å². The number of ether oxygens (including phenoxy) is 1. The topological polar surface area (TPSA) is 93.1 Å². The fourth-order valence-corrected chi connectivity index (χ4v) is 5.89. The standard InChI is InChI=1S/C32H36N6O2/c1-4-22-14-30(35-26-9-6-5-8-25(22)26)32(39)34-17-24-15-29-23(16-33-24)12-13-28(36-29)27-10-7-11-31(37-27)38-18-20(2)40-21(3)19-38/h7,10-16,20-21H,4-6,8-9,17-19H2,1-3H3,(H,34,39)/t20-,21?/m1/s1. The van der Waals surface area contributed by atoms with Crippen LogP contribution in [0, 0.1) is 0 Å². The summed E-state index contributed by atoms with van der Waals surface area (Å²) in [5, 5.41) is 3.96. The molecule has 6 rings (SSSR count). The van der Waals surface area contributed by atoms with E-state index in [1.54, 1.807) is 6.20 Å². The van der Waals surface area contributed by atoms with E-state index in [-0.39, 0.29) is 18.1 Å². The predicted octanol–water partition coefficient (Wildman–Crippen LogP) is 5.07. The molecule has 40 heavy (non-hydrogen) atoms. The van der Waals surface area contributed by atoms with E-state index in [2.05, 4.69) is 36.0 Å². The van der Waals surface area contributed by atoms with E-state index in [0.717, 1.165) is 78.3 Å². The van der Waals surface area contributed by atoms with E-state index >= 15 is 0 Å². The van der Waals surface area contributed by atoms with Crippen LogP contribution in [0.25, 0.3) is 22.3 Å². The van der Waals surface area contributed by atoms with Gasteiger partial charge in [-0.05, 0) is 93.5 Å². The van der Waals surface area contributed by atoms with Crippen LogP contribution in [0.4, 0.5) is 5.82 Å². The zero-order valence-electron chi connectivity index (χ0n) is 23.5. The predicted molar refractivity (Wildman–Crippen MR) is 156 cm³/mol. The van der Waals surface area contributed by atoms with Gasteiger partial charge in [0.05, 0.1) is 41.4 Å². The van der Waals surface area contributed by atoms with Gasteiger partial charge in [0.1, 0.15) is 11.5 Å². The first-order valence-electron chi connectivity index (χ1n) is 14.4. The van der Waals surface area contributed by atoms with Crippen molar-refractivity contribution >= 4 is 22.6 Å². The monoisotopic (exact) mass is 536 g/mol. The van der Waals surface area contributed by atoms with Gasteiger partial charge in [-0.15, -0.1) is 0 Å². The van der Waals surface area contributed by atoms with Crippen LogP contribution in [0.15, 0.2) is 48.7 Å². The summed E-state index contributed by atoms with van der Waals surface area (Å²) in [7, 11) is 0. The molecule has 0 spiro atoms. The van der Waals surface area contributed by atoms with Gasteiger partial charge >= 0.3 is 0 Å². The van der Waals surface area contributed by atoms with Gasteiger partial charge in [0, 0.05) is 30.4 Å². The Morgan fingerprint density at radius 1 is 1.00 bits per heavy atom. The second-order valence-corrected chi connectivity index (χ2v) is 10.9. The highest BCUT2D eigenvalue weighted by molar-refractivity contribution is 5.92. The van der Waals surface area contributed by atoms with Gasteiger partial charge in [-0.2, -0.15) is 0 Å². The average molecular weight is 537 g/mol. The second kappa shape index (κ2) is 11.3. The number of hydrogen-bond acceptors (Lipinski definition) is 7. The molecule has 1 saturated heterocycles. The molecule has 2 aliphatic rings. The molecule has 1 fully saturated rings. The fourth-order valence-electron chi connectivity index (χ4n) is 5.89. The summed E-state index contributed by atoms with van der Waals surface area (Å²) in [5.74, 6) is 0.765. The lowest BCUT2D eigenvalue weighted by atomic mass is 9.90. The van der Waals surface area contributed by atoms with Crippen LogP contribution in [0.2, 0.25) is 0 Å². The fraction of sp³-hybridized carbons (Fsp3) is 0.406. The van der Waals surface area contributed by atoms with Crippen molar-refractivity contribution in [1.29, 1.82) is 0 Å². The van der Waals surface area contributed by atoms with Gasteiger partial charge < -0.3 is 15.0 Å². The van der Waals surface area contributed by atoms with Crippen LogP contribution in [0.1, 0.15) is 66.6 Å². The van der Waals surface area contributed by atoms with Crippen molar-refractivity contribution in [3.8, 4) is 11.4 Å². The molecule has 0 bridgehead atoms. The number of carbonyl (C=O) groups is 1. The van der Waals surface area contributed by atoms with E-state index in [1.165, 1.54) is 17.5 Å². The molecule has 1 unspecified atom stereocenters. The van der Waals surface area contributed by atoms with Crippen molar-refractivity contribution in [3.63, 3.8) is 0 Å². The van der Waals surface area contributed by atoms with Gasteiger partial charge in [0.2, 0.25) is 0 Å². The Morgan fingerprint density at radius 3 is 2.62 bits per heavy atom. The Morgan fingerprint density at radius 2 is 1.80 bits per heavy atom. The normalized spacial score (nSPS) is 18.9. The number of anilines is 1. The molecular weight excluding hydrogens is 500 g/mol. The quantitative estimate of drug-likeness (QED) is 0.368. The third kappa shape index (κ3) is 5.54. The zero-order valence-corrected chi connectivity index (χ0v) is 23.5. The Kier molecular flexibility index (Phi) is 7.43. The van der Waals surface area contributed by atoms with Crippen LogP contribution in [-0.2, 0) is 30.5 Å². The highest BCUT2D eigenvalue weighted by Gasteiger charge is 2.23. The second-order valence-electron chi connectivity index (χ2n) is 10.9. The third-order valence-corrected chi connectivity index (χ3v) is 7.81. The number of aryl methyl sites for hydroxylation is 2. The van der Waals surface area contributed by atoms with Crippen LogP contribution in [0.5, 0.6) is 0 Å². The molecule has 0 saturated carbocycles. The van der Waals surface area contributed by atoms with Crippen molar-refractivity contribution in [1.82, 2.24) is 25.3 Å². The maximum atomic E-state index is 13.0. The van der Waals surface area contributed by atoms with E-state index in [0.29, 0.717) is 12.2 Å². The van der Waals surface area contributed by atoms with Crippen molar-refractivity contribution in [2.24, 2.45) is 0 Å². The Balaban J connectivity index is 1.19. The molecule has 0 aromatic carbocycles. The Hall–Kier alpha value is -3.91. The van der Waals surface area contributed by atoms with E-state index in [1.807, 2.05) is 42.5 Å². The number of nitrogens with one attached hydrogen (secondary N) is 1. The largest absolute Gasteiger partial charge is 0.372 e. The molecule has 8 nitrogen and oxygen atoms in total. The molecule has 4 aromatic heterocycles. The summed E-state index contributed by atoms with van der Waals surface area (Å²) in [5.41, 5.74) is 7.36. The lowest BCUT2D eigenvalue weighted by Crippen LogP contribution is -2.45. The SMILES string of the molecule is CCc1cc(C(=O)NCc2cc3nc(-c4cccc(N5CC(C)O[C@H](C)C5)n4)ccc3cn2)nc2c1CCCC2. The number of aromatic nitrogens is 4. The van der Waals surface area contributed by atoms with E-state index < -0.39 is 0 Å². The molecule has 0 radical (unpaired) electrons. The number of rotatable bonds is 6. The van der Waals surface area contributed by atoms with Crippen LogP contribution >= 0.6 is 0 Å². The number of carbonyl (C=O) groups excluding carboxylic acids is 1. The minimum atomic E-state index is -0.167. The summed E-state index contributed by atoms with van der Waals surface area (Å²) in [6.45, 7) is 8.26. The van der Waals surface area contributed by atoms with E-state index in [9.17, 15) is 4.79 Å². The minimum absolute atomic E-state index is 0.163. The molecule has 1 aliphatic carbocycles. The number of morpholine rings is 1. The molecule has 5 heterocycles. The van der Waals surface area contributed by atoms with Crippen molar-refractivity contribution in [2.75, 3.05) is 18.0 Å². The number of fused-ring (bicyclic) bond motifs is 2. The molecule has 8 heteroatoms. The number of amides is 1. The number of pyridine rings is 4. The van der Waals surface area contributed by atoms with Gasteiger partial charge in [-0.3, -0.25) is 9.78 Å². The van der Waals surface area contributed by atoms with Crippen LogP contribution in [-0.4, -0.2) is 51.1 Å². The number of nitrogens with zero attached hydrogens (tertiary/aromatic N) is 5. The molecule has 4 aromatic rings. The summed E-state index contributed by atoms with van der Waals surface area (Å²) < 4.78 is 5.89. The Bertz CT molecular complexity index is 1530. The zero-order chi connectivity index (χ0) is 27.6. The summed E-state index contributed by atoms with van der Waals surface area (Å²) >= 11 is 0. The summed E-state index contributed by atoms with van der Waals surface area (Å²) in [6, 6.07) is 14.0. The maximum Gasteiger partial charge on any atom is 0.270 e. The third-order valence-electron chi connectivity index (χ3n) is 7.81. The molecule has 1 aliphatic heterocycles. The molecule has 2 atom stereocenters. The molecule has 1 amide bonds. The summed E-state index contributed by atoms with van der Waals surface area (Å²) in [4.78, 5) is 34.4. The van der Waals surface area contributed by atoms with Crippen LogP contribution < -0.4 is 10.2 Å². The van der Waals surface area contributed by atoms with Crippen molar-refractivity contribution in [3.05, 3.63) is 76.9 Å². The lowest BCUT2D eigenvalue weighted by molar-refractivity contribution is -0.00545. The van der Waals surface area contributed by atoms with Crippen LogP contribution in [0.3, 0.4) is 0 Å². The first-order valence-corrected chi connectivity index (χ1v) is 14.4.